The molecule has 0 aliphatic carbocycles. The maximum Gasteiger partial charge on any atom is 0.262 e. The number of hydrogen-bond donors (Lipinski definition) is 2. The number of halogens is 2. The highest BCUT2D eigenvalue weighted by molar-refractivity contribution is 9.10. The Bertz CT molecular complexity index is 722. The molecule has 19 heavy (non-hydrogen) atoms. The van der Waals surface area contributed by atoms with Gasteiger partial charge in [0, 0.05) is 16.4 Å². The number of nitrogens with two attached hydrogens (primary N) is 1. The Labute approximate surface area is 124 Å². The second kappa shape index (κ2) is 5.36. The molecule has 0 radical (unpaired) electrons. The summed E-state index contributed by atoms with van der Waals surface area (Å²) in [5, 5.41) is 0.0654. The van der Waals surface area contributed by atoms with Crippen molar-refractivity contribution in [2.24, 2.45) is 0 Å². The highest BCUT2D eigenvalue weighted by atomic mass is 79.9. The predicted molar refractivity (Wildman–Crippen MR) is 78.6 cm³/mol. The molecule has 0 atom stereocenters. The quantitative estimate of drug-likeness (QED) is 0.649. The van der Waals surface area contributed by atoms with Crippen LogP contribution in [0.5, 0.6) is 0 Å². The van der Waals surface area contributed by atoms with E-state index in [0.717, 1.165) is 0 Å². The van der Waals surface area contributed by atoms with E-state index in [9.17, 15) is 8.42 Å². The molecular weight excluding hydrogens is 354 g/mol. The molecule has 1 aromatic carbocycles. The van der Waals surface area contributed by atoms with E-state index in [4.69, 9.17) is 17.3 Å². The molecule has 0 spiro atoms. The van der Waals surface area contributed by atoms with Gasteiger partial charge in [-0.2, -0.15) is 0 Å². The zero-order valence-electron chi connectivity index (χ0n) is 9.47. The van der Waals surface area contributed by atoms with Gasteiger partial charge in [0.1, 0.15) is 0 Å². The van der Waals surface area contributed by atoms with Crippen LogP contribution in [0.4, 0.5) is 11.4 Å². The molecule has 0 bridgehead atoms. The topological polar surface area (TPSA) is 85.1 Å². The van der Waals surface area contributed by atoms with E-state index in [1.807, 2.05) is 0 Å². The van der Waals surface area contributed by atoms with Crippen LogP contribution >= 0.6 is 27.5 Å². The molecule has 0 aliphatic heterocycles. The maximum absolute atomic E-state index is 12.1. The number of benzene rings is 1. The van der Waals surface area contributed by atoms with Gasteiger partial charge >= 0.3 is 0 Å². The lowest BCUT2D eigenvalue weighted by Gasteiger charge is -2.09. The third kappa shape index (κ3) is 3.37. The van der Waals surface area contributed by atoms with E-state index in [1.165, 1.54) is 24.4 Å². The summed E-state index contributed by atoms with van der Waals surface area (Å²) in [6.45, 7) is 0. The molecule has 0 aliphatic rings. The molecular formula is C11H9BrClN3O2S. The fourth-order valence-corrected chi connectivity index (χ4v) is 3.03. The summed E-state index contributed by atoms with van der Waals surface area (Å²) >= 11 is 9.03. The Balaban J connectivity index is 2.39. The number of nitrogen functional groups attached to an aromatic ring is 1. The number of pyridine rings is 1. The number of hydrogen-bond acceptors (Lipinski definition) is 4. The van der Waals surface area contributed by atoms with Gasteiger partial charge in [-0.3, -0.25) is 4.72 Å². The lowest BCUT2D eigenvalue weighted by molar-refractivity contribution is 0.601. The Hall–Kier alpha value is -1.31. The number of rotatable bonds is 3. The first kappa shape index (κ1) is 14.1. The van der Waals surface area contributed by atoms with Crippen LogP contribution in [-0.4, -0.2) is 13.4 Å². The van der Waals surface area contributed by atoms with Crippen molar-refractivity contribution in [3.8, 4) is 0 Å². The normalized spacial score (nSPS) is 11.3. The highest BCUT2D eigenvalue weighted by Gasteiger charge is 2.16. The molecule has 0 saturated heterocycles. The fraction of sp³-hybridized carbons (Fsp3) is 0. The molecule has 3 N–H and O–H groups in total. The molecule has 1 heterocycles. The van der Waals surface area contributed by atoms with E-state index in [2.05, 4.69) is 25.6 Å². The summed E-state index contributed by atoms with van der Waals surface area (Å²) in [6, 6.07) is 7.50. The molecule has 2 rings (SSSR count). The summed E-state index contributed by atoms with van der Waals surface area (Å²) in [5.74, 6) is 0. The predicted octanol–water partition coefficient (Wildman–Crippen LogP) is 2.88. The van der Waals surface area contributed by atoms with Crippen molar-refractivity contribution in [3.05, 3.63) is 46.2 Å². The molecule has 0 fully saturated rings. The smallest absolute Gasteiger partial charge is 0.262 e. The monoisotopic (exact) mass is 361 g/mol. The van der Waals surface area contributed by atoms with Crippen LogP contribution in [0.25, 0.3) is 0 Å². The summed E-state index contributed by atoms with van der Waals surface area (Å²) in [4.78, 5) is 3.90. The Kier molecular flexibility index (Phi) is 3.98. The number of nitrogens with one attached hydrogen (secondary N) is 1. The minimum atomic E-state index is -3.75. The highest BCUT2D eigenvalue weighted by Crippen LogP contribution is 2.26. The molecule has 2 aromatic rings. The summed E-state index contributed by atoms with van der Waals surface area (Å²) in [6.07, 6.45) is 1.47. The standard InChI is InChI=1S/C11H9BrClN3O2S/c12-7-4-10(11(13)15-6-7)16-19(17,18)9-3-1-2-8(14)5-9/h1-6,16H,14H2. The van der Waals surface area contributed by atoms with Gasteiger partial charge in [-0.15, -0.1) is 0 Å². The molecule has 1 aromatic heterocycles. The van der Waals surface area contributed by atoms with E-state index >= 15 is 0 Å². The Morgan fingerprint density at radius 3 is 2.74 bits per heavy atom. The van der Waals surface area contributed by atoms with Gasteiger partial charge in [-0.25, -0.2) is 13.4 Å². The number of anilines is 2. The Morgan fingerprint density at radius 1 is 1.32 bits per heavy atom. The maximum atomic E-state index is 12.1. The average molecular weight is 363 g/mol. The first-order valence-corrected chi connectivity index (χ1v) is 7.73. The second-order valence-electron chi connectivity index (χ2n) is 3.67. The molecule has 5 nitrogen and oxygen atoms in total. The van der Waals surface area contributed by atoms with Crippen molar-refractivity contribution in [1.29, 1.82) is 0 Å². The molecule has 0 unspecified atom stereocenters. The van der Waals surface area contributed by atoms with Crippen LogP contribution in [0.1, 0.15) is 0 Å². The van der Waals surface area contributed by atoms with Crippen molar-refractivity contribution >= 4 is 48.9 Å². The van der Waals surface area contributed by atoms with Gasteiger partial charge in [0.15, 0.2) is 5.15 Å². The lowest BCUT2D eigenvalue weighted by Crippen LogP contribution is -2.13. The molecule has 8 heteroatoms. The first-order valence-electron chi connectivity index (χ1n) is 5.08. The van der Waals surface area contributed by atoms with Crippen LogP contribution in [0.15, 0.2) is 45.9 Å². The van der Waals surface area contributed by atoms with Crippen molar-refractivity contribution < 1.29 is 8.42 Å². The van der Waals surface area contributed by atoms with Gasteiger partial charge in [-0.05, 0) is 40.2 Å². The zero-order chi connectivity index (χ0) is 14.0. The lowest BCUT2D eigenvalue weighted by atomic mass is 10.3. The minimum absolute atomic E-state index is 0.0588. The van der Waals surface area contributed by atoms with Crippen LogP contribution < -0.4 is 10.5 Å². The van der Waals surface area contributed by atoms with Crippen molar-refractivity contribution in [2.45, 2.75) is 4.90 Å². The molecule has 0 amide bonds. The third-order valence-corrected chi connectivity index (χ3v) is 4.32. The summed E-state index contributed by atoms with van der Waals surface area (Å²) < 4.78 is 27.3. The first-order chi connectivity index (χ1) is 8.88. The average Bonchev–Trinajstić information content (AvgIpc) is 2.33. The van der Waals surface area contributed by atoms with Gasteiger partial charge in [0.05, 0.1) is 10.6 Å². The van der Waals surface area contributed by atoms with Crippen LogP contribution in [0, 0.1) is 0 Å². The zero-order valence-corrected chi connectivity index (χ0v) is 12.6. The van der Waals surface area contributed by atoms with Gasteiger partial charge in [-0.1, -0.05) is 17.7 Å². The van der Waals surface area contributed by atoms with E-state index in [0.29, 0.717) is 10.2 Å². The number of nitrogens with zero attached hydrogens (tertiary/aromatic N) is 1. The SMILES string of the molecule is Nc1cccc(S(=O)(=O)Nc2cc(Br)cnc2Cl)c1. The third-order valence-electron chi connectivity index (χ3n) is 2.22. The second-order valence-corrected chi connectivity index (χ2v) is 6.63. The minimum Gasteiger partial charge on any atom is -0.399 e. The molecule has 100 valence electrons. The van der Waals surface area contributed by atoms with E-state index in [1.54, 1.807) is 12.1 Å². The van der Waals surface area contributed by atoms with Crippen molar-refractivity contribution in [2.75, 3.05) is 10.5 Å². The Morgan fingerprint density at radius 2 is 2.05 bits per heavy atom. The summed E-state index contributed by atoms with van der Waals surface area (Å²) in [7, 11) is -3.75. The van der Waals surface area contributed by atoms with E-state index < -0.39 is 10.0 Å². The summed E-state index contributed by atoms with van der Waals surface area (Å²) in [5.41, 5.74) is 6.12. The van der Waals surface area contributed by atoms with E-state index in [-0.39, 0.29) is 15.7 Å². The van der Waals surface area contributed by atoms with Crippen molar-refractivity contribution in [1.82, 2.24) is 4.98 Å². The fourth-order valence-electron chi connectivity index (χ4n) is 1.38. The molecule has 0 saturated carbocycles. The number of sulfonamides is 1. The van der Waals surface area contributed by atoms with Gasteiger partial charge in [0.25, 0.3) is 10.0 Å². The van der Waals surface area contributed by atoms with Crippen LogP contribution in [0.3, 0.4) is 0 Å². The van der Waals surface area contributed by atoms with Gasteiger partial charge in [0.2, 0.25) is 0 Å². The van der Waals surface area contributed by atoms with Crippen LogP contribution in [0.2, 0.25) is 5.15 Å². The number of aromatic nitrogens is 1. The van der Waals surface area contributed by atoms with Crippen LogP contribution in [-0.2, 0) is 10.0 Å². The largest absolute Gasteiger partial charge is 0.399 e. The van der Waals surface area contributed by atoms with Gasteiger partial charge < -0.3 is 5.73 Å². The van der Waals surface area contributed by atoms with Crippen molar-refractivity contribution in [3.63, 3.8) is 0 Å².